The van der Waals surface area contributed by atoms with E-state index in [0.29, 0.717) is 24.3 Å². The standard InChI is InChI=1S/C26H24N2O5/c1-32-25-14-13-19(28(30)31)16-18(25)8-6-7-15-27-26(29)33-17-24-22-11-4-2-9-20(22)21-10-3-5-12-23(21)24/h2-6,8-14,16,24H,7,15,17H2,1H3,(H,27,29). The van der Waals surface area contributed by atoms with Crippen molar-refractivity contribution < 1.29 is 19.2 Å². The Morgan fingerprint density at radius 1 is 1.06 bits per heavy atom. The molecular formula is C26H24N2O5. The van der Waals surface area contributed by atoms with Crippen LogP contribution in [0.25, 0.3) is 17.2 Å². The Hall–Kier alpha value is -4.13. The number of nitro groups is 1. The van der Waals surface area contributed by atoms with Crippen LogP contribution in [0.5, 0.6) is 5.75 Å². The highest BCUT2D eigenvalue weighted by atomic mass is 16.6. The lowest BCUT2D eigenvalue weighted by molar-refractivity contribution is -0.384. The van der Waals surface area contributed by atoms with Gasteiger partial charge >= 0.3 is 6.09 Å². The summed E-state index contributed by atoms with van der Waals surface area (Å²) in [5.41, 5.74) is 5.30. The SMILES string of the molecule is COc1ccc([N+](=O)[O-])cc1C=CCCNC(=O)OCC1c2ccccc2-c2ccccc21. The van der Waals surface area contributed by atoms with E-state index < -0.39 is 11.0 Å². The van der Waals surface area contributed by atoms with E-state index in [0.717, 1.165) is 0 Å². The highest BCUT2D eigenvalue weighted by Gasteiger charge is 2.28. The first kappa shape index (κ1) is 22.1. The number of alkyl carbamates (subject to hydrolysis) is 1. The molecule has 4 rings (SSSR count). The summed E-state index contributed by atoms with van der Waals surface area (Å²) >= 11 is 0. The van der Waals surface area contributed by atoms with Crippen LogP contribution in [0.3, 0.4) is 0 Å². The number of methoxy groups -OCH3 is 1. The molecule has 0 bridgehead atoms. The molecule has 0 aromatic heterocycles. The van der Waals surface area contributed by atoms with Crippen LogP contribution in [-0.4, -0.2) is 31.3 Å². The Morgan fingerprint density at radius 3 is 2.36 bits per heavy atom. The maximum atomic E-state index is 12.2. The molecule has 1 aliphatic rings. The fourth-order valence-electron chi connectivity index (χ4n) is 4.08. The first-order valence-corrected chi connectivity index (χ1v) is 10.7. The number of hydrogen-bond donors (Lipinski definition) is 1. The lowest BCUT2D eigenvalue weighted by Crippen LogP contribution is -2.26. The molecule has 3 aromatic rings. The van der Waals surface area contributed by atoms with Gasteiger partial charge in [-0.3, -0.25) is 10.1 Å². The molecule has 7 heteroatoms. The zero-order chi connectivity index (χ0) is 23.2. The van der Waals surface area contributed by atoms with Crippen LogP contribution < -0.4 is 10.1 Å². The maximum absolute atomic E-state index is 12.2. The van der Waals surface area contributed by atoms with Gasteiger partial charge in [0, 0.05) is 30.2 Å². The van der Waals surface area contributed by atoms with E-state index in [4.69, 9.17) is 9.47 Å². The van der Waals surface area contributed by atoms with Crippen molar-refractivity contribution in [1.29, 1.82) is 0 Å². The third-order valence-corrected chi connectivity index (χ3v) is 5.65. The van der Waals surface area contributed by atoms with Crippen LogP contribution in [0.4, 0.5) is 10.5 Å². The highest BCUT2D eigenvalue weighted by Crippen LogP contribution is 2.44. The lowest BCUT2D eigenvalue weighted by Gasteiger charge is -2.14. The number of nitro benzene ring substituents is 1. The normalized spacial score (nSPS) is 12.3. The van der Waals surface area contributed by atoms with Gasteiger partial charge in [0.25, 0.3) is 5.69 Å². The highest BCUT2D eigenvalue weighted by molar-refractivity contribution is 5.79. The summed E-state index contributed by atoms with van der Waals surface area (Å²) < 4.78 is 10.8. The van der Waals surface area contributed by atoms with Gasteiger partial charge in [0.1, 0.15) is 12.4 Å². The second-order valence-electron chi connectivity index (χ2n) is 7.63. The number of fused-ring (bicyclic) bond motifs is 3. The van der Waals surface area contributed by atoms with Gasteiger partial charge in [-0.15, -0.1) is 0 Å². The minimum absolute atomic E-state index is 0.00721. The molecule has 7 nitrogen and oxygen atoms in total. The number of non-ortho nitro benzene ring substituents is 1. The molecule has 1 N–H and O–H groups in total. The molecule has 33 heavy (non-hydrogen) atoms. The van der Waals surface area contributed by atoms with E-state index in [1.807, 2.05) is 30.3 Å². The number of rotatable bonds is 8. The van der Waals surface area contributed by atoms with Crippen molar-refractivity contribution in [3.05, 3.63) is 99.6 Å². The number of ether oxygens (including phenoxy) is 2. The second kappa shape index (κ2) is 9.99. The molecule has 0 radical (unpaired) electrons. The Balaban J connectivity index is 1.29. The number of amides is 1. The molecule has 0 atom stereocenters. The molecule has 168 valence electrons. The predicted molar refractivity (Wildman–Crippen MR) is 126 cm³/mol. The van der Waals surface area contributed by atoms with E-state index in [9.17, 15) is 14.9 Å². The minimum Gasteiger partial charge on any atom is -0.496 e. The summed E-state index contributed by atoms with van der Waals surface area (Å²) in [6.07, 6.45) is 3.63. The van der Waals surface area contributed by atoms with Crippen molar-refractivity contribution in [2.75, 3.05) is 20.3 Å². The molecule has 0 spiro atoms. The number of hydrogen-bond acceptors (Lipinski definition) is 5. The van der Waals surface area contributed by atoms with Crippen LogP contribution in [0, 0.1) is 10.1 Å². The average Bonchev–Trinajstić information content (AvgIpc) is 3.16. The van der Waals surface area contributed by atoms with Gasteiger partial charge in [-0.25, -0.2) is 4.79 Å². The number of benzene rings is 3. The van der Waals surface area contributed by atoms with Crippen molar-refractivity contribution in [3.8, 4) is 16.9 Å². The van der Waals surface area contributed by atoms with Crippen molar-refractivity contribution in [2.24, 2.45) is 0 Å². The molecule has 3 aromatic carbocycles. The molecule has 0 saturated carbocycles. The lowest BCUT2D eigenvalue weighted by atomic mass is 9.98. The molecule has 1 aliphatic carbocycles. The maximum Gasteiger partial charge on any atom is 0.407 e. The molecule has 1 amide bonds. The molecule has 0 saturated heterocycles. The van der Waals surface area contributed by atoms with E-state index in [-0.39, 0.29) is 18.2 Å². The number of nitrogens with zero attached hydrogens (tertiary/aromatic N) is 1. The number of carbonyl (C=O) groups is 1. The molecule has 0 heterocycles. The van der Waals surface area contributed by atoms with Gasteiger partial charge in [0.15, 0.2) is 0 Å². The Bertz CT molecular complexity index is 1160. The van der Waals surface area contributed by atoms with Crippen molar-refractivity contribution in [1.82, 2.24) is 5.32 Å². The second-order valence-corrected chi connectivity index (χ2v) is 7.63. The average molecular weight is 444 g/mol. The van der Waals surface area contributed by atoms with Crippen LogP contribution in [0.2, 0.25) is 0 Å². The van der Waals surface area contributed by atoms with Crippen molar-refractivity contribution in [2.45, 2.75) is 12.3 Å². The van der Waals surface area contributed by atoms with Gasteiger partial charge in [-0.1, -0.05) is 60.7 Å². The van der Waals surface area contributed by atoms with Gasteiger partial charge in [0.05, 0.1) is 12.0 Å². The zero-order valence-corrected chi connectivity index (χ0v) is 18.2. The summed E-state index contributed by atoms with van der Waals surface area (Å²) in [6, 6.07) is 20.8. The van der Waals surface area contributed by atoms with Crippen molar-refractivity contribution in [3.63, 3.8) is 0 Å². The minimum atomic E-state index is -0.474. The van der Waals surface area contributed by atoms with Crippen LogP contribution >= 0.6 is 0 Å². The number of carbonyl (C=O) groups excluding carboxylic acids is 1. The third-order valence-electron chi connectivity index (χ3n) is 5.65. The first-order valence-electron chi connectivity index (χ1n) is 10.7. The zero-order valence-electron chi connectivity index (χ0n) is 18.2. The van der Waals surface area contributed by atoms with Crippen molar-refractivity contribution >= 4 is 17.9 Å². The van der Waals surface area contributed by atoms with Crippen LogP contribution in [0.15, 0.2) is 72.8 Å². The molecule has 0 aliphatic heterocycles. The summed E-state index contributed by atoms with van der Waals surface area (Å²) in [5, 5.41) is 13.7. The Morgan fingerprint density at radius 2 is 1.73 bits per heavy atom. The van der Waals surface area contributed by atoms with E-state index in [2.05, 4.69) is 29.6 Å². The molecular weight excluding hydrogens is 420 g/mol. The third kappa shape index (κ3) is 4.87. The summed E-state index contributed by atoms with van der Waals surface area (Å²) in [4.78, 5) is 22.8. The van der Waals surface area contributed by atoms with E-state index in [1.54, 1.807) is 12.1 Å². The monoisotopic (exact) mass is 444 g/mol. The van der Waals surface area contributed by atoms with E-state index >= 15 is 0 Å². The quantitative estimate of drug-likeness (QED) is 0.280. The van der Waals surface area contributed by atoms with Gasteiger partial charge in [-0.2, -0.15) is 0 Å². The smallest absolute Gasteiger partial charge is 0.407 e. The predicted octanol–water partition coefficient (Wildman–Crippen LogP) is 5.55. The molecule has 0 unspecified atom stereocenters. The fraction of sp³-hybridized carbons (Fsp3) is 0.192. The van der Waals surface area contributed by atoms with Crippen LogP contribution in [-0.2, 0) is 4.74 Å². The fourth-order valence-corrected chi connectivity index (χ4v) is 4.08. The topological polar surface area (TPSA) is 90.7 Å². The Labute approximate surface area is 191 Å². The molecule has 0 fully saturated rings. The first-order chi connectivity index (χ1) is 16.1. The van der Waals surface area contributed by atoms with E-state index in [1.165, 1.54) is 41.5 Å². The van der Waals surface area contributed by atoms with Crippen LogP contribution in [0.1, 0.15) is 29.0 Å². The summed E-state index contributed by atoms with van der Waals surface area (Å²) in [5.74, 6) is 0.561. The van der Waals surface area contributed by atoms with Gasteiger partial charge in [0.2, 0.25) is 0 Å². The summed E-state index contributed by atoms with van der Waals surface area (Å²) in [7, 11) is 1.51. The van der Waals surface area contributed by atoms with Gasteiger partial charge < -0.3 is 14.8 Å². The number of nitrogens with one attached hydrogen (secondary N) is 1. The Kier molecular flexibility index (Phi) is 6.69. The van der Waals surface area contributed by atoms with Gasteiger partial charge in [-0.05, 0) is 34.7 Å². The largest absolute Gasteiger partial charge is 0.496 e. The summed E-state index contributed by atoms with van der Waals surface area (Å²) in [6.45, 7) is 0.644.